The van der Waals surface area contributed by atoms with Crippen LogP contribution in [0.5, 0.6) is 11.5 Å². The maximum atomic E-state index is 5.33. The van der Waals surface area contributed by atoms with Crippen LogP contribution in [0.25, 0.3) is 0 Å². The van der Waals surface area contributed by atoms with Crippen LogP contribution in [0.2, 0.25) is 0 Å². The Labute approximate surface area is 119 Å². The van der Waals surface area contributed by atoms with Gasteiger partial charge in [0.1, 0.15) is 0 Å². The first-order chi connectivity index (χ1) is 9.74. The maximum absolute atomic E-state index is 5.33. The summed E-state index contributed by atoms with van der Waals surface area (Å²) in [5, 5.41) is 3.48. The zero-order valence-electron chi connectivity index (χ0n) is 12.2. The van der Waals surface area contributed by atoms with Crippen molar-refractivity contribution in [1.29, 1.82) is 0 Å². The number of nitrogens with zero attached hydrogens (tertiary/aromatic N) is 2. The molecule has 0 fully saturated rings. The van der Waals surface area contributed by atoms with E-state index in [-0.39, 0.29) is 6.04 Å². The number of benzene rings is 1. The number of hydrogen-bond acceptors (Lipinski definition) is 4. The number of hydrogen-bond donors (Lipinski definition) is 1. The van der Waals surface area contributed by atoms with Crippen LogP contribution < -0.4 is 14.8 Å². The van der Waals surface area contributed by atoms with Gasteiger partial charge in [-0.1, -0.05) is 6.07 Å². The lowest BCUT2D eigenvalue weighted by molar-refractivity contribution is 0.354. The van der Waals surface area contributed by atoms with Crippen LogP contribution in [-0.4, -0.2) is 30.3 Å². The predicted octanol–water partition coefficient (Wildman–Crippen LogP) is 2.25. The first kappa shape index (κ1) is 14.4. The molecule has 2 aromatic rings. The minimum atomic E-state index is 0.248. The second-order valence-corrected chi connectivity index (χ2v) is 4.59. The molecule has 0 aliphatic carbocycles. The van der Waals surface area contributed by atoms with E-state index in [1.165, 1.54) is 5.56 Å². The van der Waals surface area contributed by atoms with E-state index in [1.807, 2.05) is 29.2 Å². The molecule has 1 aromatic heterocycles. The van der Waals surface area contributed by atoms with E-state index in [1.54, 1.807) is 20.4 Å². The van der Waals surface area contributed by atoms with Gasteiger partial charge in [-0.2, -0.15) is 0 Å². The van der Waals surface area contributed by atoms with Crippen LogP contribution in [0.15, 0.2) is 36.9 Å². The summed E-state index contributed by atoms with van der Waals surface area (Å²) >= 11 is 0. The minimum Gasteiger partial charge on any atom is -0.493 e. The van der Waals surface area contributed by atoms with E-state index >= 15 is 0 Å². The van der Waals surface area contributed by atoms with Gasteiger partial charge in [-0.05, 0) is 24.6 Å². The van der Waals surface area contributed by atoms with Gasteiger partial charge in [-0.25, -0.2) is 4.98 Å². The molecule has 108 valence electrons. The lowest BCUT2D eigenvalue weighted by Crippen LogP contribution is -2.23. The zero-order valence-corrected chi connectivity index (χ0v) is 12.2. The minimum absolute atomic E-state index is 0.248. The predicted molar refractivity (Wildman–Crippen MR) is 78.2 cm³/mol. The normalized spacial score (nSPS) is 12.2. The Hall–Kier alpha value is -2.01. The second-order valence-electron chi connectivity index (χ2n) is 4.59. The van der Waals surface area contributed by atoms with Crippen molar-refractivity contribution in [3.05, 3.63) is 42.5 Å². The van der Waals surface area contributed by atoms with E-state index < -0.39 is 0 Å². The average Bonchev–Trinajstić information content (AvgIpc) is 2.99. The third-order valence-corrected chi connectivity index (χ3v) is 3.29. The molecule has 1 unspecified atom stereocenters. The summed E-state index contributed by atoms with van der Waals surface area (Å²) in [6.45, 7) is 3.92. The standard InChI is InChI=1S/C15H21N3O2/c1-12(17-7-9-18-8-6-16-11-18)13-4-5-14(19-2)15(10-13)20-3/h4-6,8,10-12,17H,7,9H2,1-3H3. The number of methoxy groups -OCH3 is 2. The highest BCUT2D eigenvalue weighted by Crippen LogP contribution is 2.29. The van der Waals surface area contributed by atoms with Crippen LogP contribution in [0.3, 0.4) is 0 Å². The summed E-state index contributed by atoms with van der Waals surface area (Å²) in [5.74, 6) is 1.51. The van der Waals surface area contributed by atoms with E-state index in [4.69, 9.17) is 9.47 Å². The SMILES string of the molecule is COc1ccc(C(C)NCCn2ccnc2)cc1OC. The highest BCUT2D eigenvalue weighted by molar-refractivity contribution is 5.43. The van der Waals surface area contributed by atoms with Gasteiger partial charge in [0.15, 0.2) is 11.5 Å². The van der Waals surface area contributed by atoms with Crippen molar-refractivity contribution in [2.75, 3.05) is 20.8 Å². The lowest BCUT2D eigenvalue weighted by Gasteiger charge is -2.16. The Kier molecular flexibility index (Phi) is 5.01. The van der Waals surface area contributed by atoms with Crippen LogP contribution in [0.4, 0.5) is 0 Å². The molecule has 0 saturated heterocycles. The summed E-state index contributed by atoms with van der Waals surface area (Å²) < 4.78 is 12.6. The molecule has 1 atom stereocenters. The molecule has 5 nitrogen and oxygen atoms in total. The number of rotatable bonds is 7. The van der Waals surface area contributed by atoms with Crippen LogP contribution >= 0.6 is 0 Å². The molecular weight excluding hydrogens is 254 g/mol. The molecular formula is C15H21N3O2. The zero-order chi connectivity index (χ0) is 14.4. The fourth-order valence-corrected chi connectivity index (χ4v) is 2.07. The molecule has 0 aliphatic rings. The van der Waals surface area contributed by atoms with Crippen LogP contribution in [-0.2, 0) is 6.54 Å². The fraction of sp³-hybridized carbons (Fsp3) is 0.400. The Bertz CT molecular complexity index is 526. The monoisotopic (exact) mass is 275 g/mol. The maximum Gasteiger partial charge on any atom is 0.161 e. The topological polar surface area (TPSA) is 48.3 Å². The van der Waals surface area contributed by atoms with Crippen molar-refractivity contribution in [3.8, 4) is 11.5 Å². The summed E-state index contributed by atoms with van der Waals surface area (Å²) in [6.07, 6.45) is 5.57. The van der Waals surface area contributed by atoms with Gasteiger partial charge < -0.3 is 19.4 Å². The first-order valence-corrected chi connectivity index (χ1v) is 6.65. The summed E-state index contributed by atoms with van der Waals surface area (Å²) in [4.78, 5) is 4.02. The quantitative estimate of drug-likeness (QED) is 0.842. The second kappa shape index (κ2) is 6.96. The van der Waals surface area contributed by atoms with Crippen molar-refractivity contribution in [2.24, 2.45) is 0 Å². The summed E-state index contributed by atoms with van der Waals surface area (Å²) in [5.41, 5.74) is 1.17. The van der Waals surface area contributed by atoms with Gasteiger partial charge in [-0.15, -0.1) is 0 Å². The highest BCUT2D eigenvalue weighted by Gasteiger charge is 2.09. The molecule has 1 N–H and O–H groups in total. The highest BCUT2D eigenvalue weighted by atomic mass is 16.5. The van der Waals surface area contributed by atoms with Gasteiger partial charge in [-0.3, -0.25) is 0 Å². The third-order valence-electron chi connectivity index (χ3n) is 3.29. The molecule has 2 rings (SSSR count). The van der Waals surface area contributed by atoms with Crippen molar-refractivity contribution < 1.29 is 9.47 Å². The lowest BCUT2D eigenvalue weighted by atomic mass is 10.1. The van der Waals surface area contributed by atoms with E-state index in [0.717, 1.165) is 24.6 Å². The molecule has 0 amide bonds. The number of aromatic nitrogens is 2. The molecule has 0 saturated carbocycles. The molecule has 20 heavy (non-hydrogen) atoms. The third kappa shape index (κ3) is 3.51. The van der Waals surface area contributed by atoms with Gasteiger partial charge in [0.2, 0.25) is 0 Å². The van der Waals surface area contributed by atoms with E-state index in [9.17, 15) is 0 Å². The molecule has 0 aliphatic heterocycles. The Morgan fingerprint density at radius 1 is 1.25 bits per heavy atom. The Morgan fingerprint density at radius 3 is 2.70 bits per heavy atom. The smallest absolute Gasteiger partial charge is 0.161 e. The van der Waals surface area contributed by atoms with Crippen molar-refractivity contribution >= 4 is 0 Å². The van der Waals surface area contributed by atoms with Crippen LogP contribution in [0.1, 0.15) is 18.5 Å². The number of nitrogens with one attached hydrogen (secondary N) is 1. The Balaban J connectivity index is 1.93. The molecule has 1 aromatic carbocycles. The average molecular weight is 275 g/mol. The van der Waals surface area contributed by atoms with Crippen molar-refractivity contribution in [3.63, 3.8) is 0 Å². The van der Waals surface area contributed by atoms with Gasteiger partial charge >= 0.3 is 0 Å². The van der Waals surface area contributed by atoms with E-state index in [0.29, 0.717) is 0 Å². The Morgan fingerprint density at radius 2 is 2.05 bits per heavy atom. The van der Waals surface area contributed by atoms with Crippen molar-refractivity contribution in [1.82, 2.24) is 14.9 Å². The van der Waals surface area contributed by atoms with Crippen molar-refractivity contribution in [2.45, 2.75) is 19.5 Å². The number of imidazole rings is 1. The molecule has 0 bridgehead atoms. The fourth-order valence-electron chi connectivity index (χ4n) is 2.07. The van der Waals surface area contributed by atoms with Crippen LogP contribution in [0, 0.1) is 0 Å². The summed E-state index contributed by atoms with van der Waals surface area (Å²) in [6, 6.07) is 6.24. The number of ether oxygens (including phenoxy) is 2. The molecule has 1 heterocycles. The van der Waals surface area contributed by atoms with E-state index in [2.05, 4.69) is 23.3 Å². The molecule has 0 spiro atoms. The molecule has 5 heteroatoms. The largest absolute Gasteiger partial charge is 0.493 e. The van der Waals surface area contributed by atoms with Gasteiger partial charge in [0.25, 0.3) is 0 Å². The van der Waals surface area contributed by atoms with Gasteiger partial charge in [0, 0.05) is 31.5 Å². The molecule has 0 radical (unpaired) electrons. The van der Waals surface area contributed by atoms with Gasteiger partial charge in [0.05, 0.1) is 20.5 Å². The summed E-state index contributed by atoms with van der Waals surface area (Å²) in [7, 11) is 3.29. The first-order valence-electron chi connectivity index (χ1n) is 6.65.